The van der Waals surface area contributed by atoms with Gasteiger partial charge < -0.3 is 9.47 Å². The number of esters is 1. The fourth-order valence-electron chi connectivity index (χ4n) is 2.99. The van der Waals surface area contributed by atoms with Crippen LogP contribution in [-0.2, 0) is 19.1 Å². The van der Waals surface area contributed by atoms with Crippen LogP contribution >= 0.6 is 0 Å². The van der Waals surface area contributed by atoms with Crippen LogP contribution in [0.4, 0.5) is 4.79 Å². The molecule has 1 heterocycles. The van der Waals surface area contributed by atoms with Crippen LogP contribution in [0.5, 0.6) is 0 Å². The van der Waals surface area contributed by atoms with Gasteiger partial charge in [0.2, 0.25) is 5.91 Å². The predicted molar refractivity (Wildman–Crippen MR) is 88.2 cm³/mol. The van der Waals surface area contributed by atoms with Crippen molar-refractivity contribution in [3.63, 3.8) is 0 Å². The Balaban J connectivity index is 2.04. The van der Waals surface area contributed by atoms with Crippen molar-refractivity contribution in [1.29, 1.82) is 0 Å². The third-order valence-corrected chi connectivity index (χ3v) is 4.06. The summed E-state index contributed by atoms with van der Waals surface area (Å²) in [5.74, 6) is -0.644. The average molecular weight is 337 g/mol. The summed E-state index contributed by atoms with van der Waals surface area (Å²) in [6, 6.07) is 0. The van der Waals surface area contributed by atoms with E-state index in [2.05, 4.69) is 0 Å². The number of imide groups is 1. The van der Waals surface area contributed by atoms with E-state index >= 15 is 0 Å². The van der Waals surface area contributed by atoms with Crippen LogP contribution in [0.25, 0.3) is 0 Å². The first-order chi connectivity index (χ1) is 10.8. The summed E-state index contributed by atoms with van der Waals surface area (Å²) in [6.07, 6.45) is 2.47. The van der Waals surface area contributed by atoms with Gasteiger partial charge in [0.1, 0.15) is 11.2 Å². The number of carbonyl (C=O) groups excluding carboxylic acids is 3. The van der Waals surface area contributed by atoms with Gasteiger partial charge in [0.05, 0.1) is 5.41 Å². The fraction of sp³-hybridized carbons (Fsp3) is 0.722. The van der Waals surface area contributed by atoms with Crippen LogP contribution in [0, 0.1) is 5.41 Å². The summed E-state index contributed by atoms with van der Waals surface area (Å²) in [7, 11) is 0. The smallest absolute Gasteiger partial charge is 0.417 e. The molecule has 0 aromatic carbocycles. The molecule has 0 saturated carbocycles. The number of ether oxygens (including phenoxy) is 2. The zero-order chi connectivity index (χ0) is 18.3. The number of hydrogen-bond acceptors (Lipinski definition) is 5. The Labute approximate surface area is 143 Å². The van der Waals surface area contributed by atoms with Crippen molar-refractivity contribution in [2.75, 3.05) is 6.54 Å². The number of allylic oxidation sites excluding steroid dienone is 1. The van der Waals surface area contributed by atoms with Crippen molar-refractivity contribution in [3.05, 3.63) is 11.6 Å². The monoisotopic (exact) mass is 337 g/mol. The van der Waals surface area contributed by atoms with Gasteiger partial charge in [-0.15, -0.1) is 0 Å². The molecule has 1 atom stereocenters. The molecule has 1 spiro atoms. The van der Waals surface area contributed by atoms with E-state index in [9.17, 15) is 14.4 Å². The number of carbonyl (C=O) groups is 3. The van der Waals surface area contributed by atoms with E-state index in [0.29, 0.717) is 31.4 Å². The van der Waals surface area contributed by atoms with Crippen molar-refractivity contribution >= 4 is 18.0 Å². The number of amides is 2. The van der Waals surface area contributed by atoms with E-state index in [0.717, 1.165) is 4.90 Å². The summed E-state index contributed by atoms with van der Waals surface area (Å²) in [4.78, 5) is 38.3. The van der Waals surface area contributed by atoms with Crippen LogP contribution < -0.4 is 0 Å². The van der Waals surface area contributed by atoms with E-state index in [4.69, 9.17) is 9.47 Å². The highest BCUT2D eigenvalue weighted by atomic mass is 16.6. The number of likely N-dealkylation sites (tertiary alicyclic amines) is 1. The van der Waals surface area contributed by atoms with E-state index in [1.54, 1.807) is 47.6 Å². The number of hydrogen-bond donors (Lipinski definition) is 0. The molecule has 0 N–H and O–H groups in total. The van der Waals surface area contributed by atoms with E-state index < -0.39 is 22.7 Å². The highest BCUT2D eigenvalue weighted by molar-refractivity contribution is 6.00. The Morgan fingerprint density at radius 3 is 2.21 bits per heavy atom. The molecular weight excluding hydrogens is 310 g/mol. The third-order valence-electron chi connectivity index (χ3n) is 4.06. The molecule has 2 rings (SSSR count). The molecule has 6 nitrogen and oxygen atoms in total. The van der Waals surface area contributed by atoms with Gasteiger partial charge in [-0.1, -0.05) is 6.08 Å². The van der Waals surface area contributed by atoms with Crippen LogP contribution in [0.3, 0.4) is 0 Å². The molecule has 1 saturated heterocycles. The van der Waals surface area contributed by atoms with Gasteiger partial charge in [-0.2, -0.15) is 0 Å². The second-order valence-electron chi connectivity index (χ2n) is 8.58. The molecule has 1 aliphatic heterocycles. The SMILES string of the molecule is CC(C)(C)OC(=O)C1=CCC2(CCN(C(=O)OC(C)(C)C)C2=O)C1. The van der Waals surface area contributed by atoms with Crippen molar-refractivity contribution < 1.29 is 23.9 Å². The van der Waals surface area contributed by atoms with Crippen LogP contribution in [0.1, 0.15) is 60.8 Å². The van der Waals surface area contributed by atoms with E-state index in [-0.39, 0.29) is 11.9 Å². The van der Waals surface area contributed by atoms with Crippen molar-refractivity contribution in [3.8, 4) is 0 Å². The highest BCUT2D eigenvalue weighted by Crippen LogP contribution is 2.46. The Kier molecular flexibility index (Phi) is 4.55. The quantitative estimate of drug-likeness (QED) is 0.687. The molecule has 0 bridgehead atoms. The minimum Gasteiger partial charge on any atom is -0.457 e. The molecule has 6 heteroatoms. The van der Waals surface area contributed by atoms with Gasteiger partial charge in [0.15, 0.2) is 0 Å². The standard InChI is InChI=1S/C18H27NO5/c1-16(2,3)23-13(20)12-7-8-18(11-12)9-10-19(14(18)21)15(22)24-17(4,5)6/h7H,8-11H2,1-6H3. The fourth-order valence-corrected chi connectivity index (χ4v) is 2.99. The predicted octanol–water partition coefficient (Wildman–Crippen LogP) is 3.20. The molecule has 0 aromatic rings. The first kappa shape index (κ1) is 18.5. The van der Waals surface area contributed by atoms with E-state index in [1.807, 2.05) is 0 Å². The first-order valence-corrected chi connectivity index (χ1v) is 8.30. The molecule has 1 fully saturated rings. The highest BCUT2D eigenvalue weighted by Gasteiger charge is 2.52. The summed E-state index contributed by atoms with van der Waals surface area (Å²) < 4.78 is 10.7. The van der Waals surface area contributed by atoms with Gasteiger partial charge in [-0.3, -0.25) is 4.79 Å². The van der Waals surface area contributed by atoms with Crippen LogP contribution in [-0.4, -0.2) is 40.6 Å². The Morgan fingerprint density at radius 1 is 1.08 bits per heavy atom. The molecule has 2 aliphatic rings. The van der Waals surface area contributed by atoms with Crippen LogP contribution in [0.15, 0.2) is 11.6 Å². The molecule has 1 aliphatic carbocycles. The lowest BCUT2D eigenvalue weighted by Crippen LogP contribution is -2.41. The molecule has 0 aromatic heterocycles. The van der Waals surface area contributed by atoms with Gasteiger partial charge >= 0.3 is 12.1 Å². The molecule has 1 unspecified atom stereocenters. The normalized spacial score (nSPS) is 24.3. The largest absolute Gasteiger partial charge is 0.457 e. The number of rotatable bonds is 1. The van der Waals surface area contributed by atoms with Gasteiger partial charge in [-0.05, 0) is 60.8 Å². The van der Waals surface area contributed by atoms with Gasteiger partial charge in [0.25, 0.3) is 0 Å². The van der Waals surface area contributed by atoms with Gasteiger partial charge in [0, 0.05) is 12.1 Å². The average Bonchev–Trinajstić information content (AvgIpc) is 2.93. The lowest BCUT2D eigenvalue weighted by molar-refractivity contribution is -0.150. The zero-order valence-corrected chi connectivity index (χ0v) is 15.4. The molecule has 134 valence electrons. The Bertz CT molecular complexity index is 594. The third kappa shape index (κ3) is 3.97. The zero-order valence-electron chi connectivity index (χ0n) is 15.4. The second kappa shape index (κ2) is 5.90. The van der Waals surface area contributed by atoms with E-state index in [1.165, 1.54) is 0 Å². The molecular formula is C18H27NO5. The van der Waals surface area contributed by atoms with Crippen molar-refractivity contribution in [1.82, 2.24) is 4.90 Å². The second-order valence-corrected chi connectivity index (χ2v) is 8.58. The maximum atomic E-state index is 12.7. The summed E-state index contributed by atoms with van der Waals surface area (Å²) in [6.45, 7) is 11.0. The summed E-state index contributed by atoms with van der Waals surface area (Å²) >= 11 is 0. The molecule has 2 amide bonds. The minimum atomic E-state index is -0.705. The van der Waals surface area contributed by atoms with Crippen molar-refractivity contribution in [2.24, 2.45) is 5.41 Å². The maximum Gasteiger partial charge on any atom is 0.417 e. The topological polar surface area (TPSA) is 72.9 Å². The number of nitrogens with zero attached hydrogens (tertiary/aromatic N) is 1. The molecule has 24 heavy (non-hydrogen) atoms. The Morgan fingerprint density at radius 2 is 1.67 bits per heavy atom. The summed E-state index contributed by atoms with van der Waals surface area (Å²) in [5.41, 5.74) is -1.41. The first-order valence-electron chi connectivity index (χ1n) is 8.30. The summed E-state index contributed by atoms with van der Waals surface area (Å²) in [5, 5.41) is 0. The maximum absolute atomic E-state index is 12.7. The minimum absolute atomic E-state index is 0.258. The van der Waals surface area contributed by atoms with Crippen molar-refractivity contribution in [2.45, 2.75) is 72.0 Å². The Hall–Kier alpha value is -1.85. The lowest BCUT2D eigenvalue weighted by atomic mass is 9.83. The van der Waals surface area contributed by atoms with Gasteiger partial charge in [-0.25, -0.2) is 14.5 Å². The molecule has 0 radical (unpaired) electrons. The van der Waals surface area contributed by atoms with Crippen LogP contribution in [0.2, 0.25) is 0 Å². The lowest BCUT2D eigenvalue weighted by Gasteiger charge is -2.25.